The van der Waals surface area contributed by atoms with Gasteiger partial charge in [-0.2, -0.15) is 5.10 Å². The fourth-order valence-electron chi connectivity index (χ4n) is 3.22. The fourth-order valence-corrected chi connectivity index (χ4v) is 3.22. The van der Waals surface area contributed by atoms with Crippen LogP contribution >= 0.6 is 0 Å². The second kappa shape index (κ2) is 6.52. The quantitative estimate of drug-likeness (QED) is 0.511. The average Bonchev–Trinajstić information content (AvgIpc) is 2.79. The summed E-state index contributed by atoms with van der Waals surface area (Å²) in [5.41, 5.74) is 0.323. The number of ether oxygens (including phenoxy) is 1. The van der Waals surface area contributed by atoms with Crippen molar-refractivity contribution < 1.29 is 19.1 Å². The molecule has 1 heterocycles. The molecule has 0 atom stereocenters. The molecule has 0 aliphatic heterocycles. The molecular weight excluding hydrogens is 298 g/mol. The third-order valence-corrected chi connectivity index (χ3v) is 4.58. The highest BCUT2D eigenvalue weighted by atomic mass is 16.5. The van der Waals surface area contributed by atoms with Gasteiger partial charge in [0.15, 0.2) is 0 Å². The topological polar surface area (TPSA) is 90.3 Å². The standard InChI is InChI=1S/C16H23N3O4/c1-10-12(11(2)19(3)18-10)13(20)14(21)17-16(15(22)23-4)8-6-5-7-9-16/h5-9H2,1-4H3,(H,17,21). The highest BCUT2D eigenvalue weighted by Crippen LogP contribution is 2.29. The van der Waals surface area contributed by atoms with Gasteiger partial charge in [-0.1, -0.05) is 19.3 Å². The van der Waals surface area contributed by atoms with Crippen LogP contribution in [0, 0.1) is 13.8 Å². The Labute approximate surface area is 135 Å². The number of hydrogen-bond donors (Lipinski definition) is 1. The Morgan fingerprint density at radius 2 is 1.78 bits per heavy atom. The van der Waals surface area contributed by atoms with E-state index in [9.17, 15) is 14.4 Å². The lowest BCUT2D eigenvalue weighted by molar-refractivity contribution is -0.152. The number of rotatable bonds is 4. The summed E-state index contributed by atoms with van der Waals surface area (Å²) in [6, 6.07) is 0. The number of methoxy groups -OCH3 is 1. The molecule has 1 aromatic heterocycles. The largest absolute Gasteiger partial charge is 0.467 e. The summed E-state index contributed by atoms with van der Waals surface area (Å²) >= 11 is 0. The Balaban J connectivity index is 2.25. The normalized spacial score (nSPS) is 16.7. The third-order valence-electron chi connectivity index (χ3n) is 4.58. The number of esters is 1. The highest BCUT2D eigenvalue weighted by Gasteiger charge is 2.43. The first-order valence-corrected chi connectivity index (χ1v) is 7.78. The molecule has 23 heavy (non-hydrogen) atoms. The number of Topliss-reactive ketones (excluding diaryl/α,β-unsaturated/α-hetero) is 1. The maximum absolute atomic E-state index is 12.5. The zero-order valence-electron chi connectivity index (χ0n) is 14.1. The van der Waals surface area contributed by atoms with E-state index in [4.69, 9.17) is 4.74 Å². The molecule has 1 aromatic rings. The van der Waals surface area contributed by atoms with Crippen molar-refractivity contribution in [1.29, 1.82) is 0 Å². The number of aryl methyl sites for hydroxylation is 2. The average molecular weight is 321 g/mol. The van der Waals surface area contributed by atoms with Crippen molar-refractivity contribution in [3.8, 4) is 0 Å². The van der Waals surface area contributed by atoms with Crippen LogP contribution in [0.2, 0.25) is 0 Å². The van der Waals surface area contributed by atoms with E-state index in [1.54, 1.807) is 25.6 Å². The molecule has 126 valence electrons. The van der Waals surface area contributed by atoms with Crippen molar-refractivity contribution in [3.63, 3.8) is 0 Å². The van der Waals surface area contributed by atoms with Crippen molar-refractivity contribution in [2.75, 3.05) is 7.11 Å². The number of hydrogen-bond acceptors (Lipinski definition) is 5. The first kappa shape index (κ1) is 17.2. The third kappa shape index (κ3) is 3.13. The van der Waals surface area contributed by atoms with E-state index in [1.807, 2.05) is 0 Å². The second-order valence-electron chi connectivity index (χ2n) is 6.09. The van der Waals surface area contributed by atoms with Crippen molar-refractivity contribution in [2.24, 2.45) is 7.05 Å². The molecule has 0 radical (unpaired) electrons. The lowest BCUT2D eigenvalue weighted by Gasteiger charge is -2.34. The van der Waals surface area contributed by atoms with Gasteiger partial charge in [0.05, 0.1) is 18.4 Å². The molecule has 7 nitrogen and oxygen atoms in total. The predicted octanol–water partition coefficient (Wildman–Crippen LogP) is 1.21. The van der Waals surface area contributed by atoms with E-state index in [2.05, 4.69) is 10.4 Å². The van der Waals surface area contributed by atoms with Crippen molar-refractivity contribution in [2.45, 2.75) is 51.5 Å². The minimum atomic E-state index is -1.09. The van der Waals surface area contributed by atoms with Gasteiger partial charge in [0.1, 0.15) is 5.54 Å². The minimum absolute atomic E-state index is 0.292. The summed E-state index contributed by atoms with van der Waals surface area (Å²) in [5.74, 6) is -1.93. The van der Waals surface area contributed by atoms with E-state index >= 15 is 0 Å². The summed E-state index contributed by atoms with van der Waals surface area (Å²) in [4.78, 5) is 37.1. The SMILES string of the molecule is COC(=O)C1(NC(=O)C(=O)c2c(C)nn(C)c2C)CCCCC1. The summed E-state index contributed by atoms with van der Waals surface area (Å²) in [5, 5.41) is 6.80. The molecule has 0 saturated heterocycles. The smallest absolute Gasteiger partial charge is 0.331 e. The van der Waals surface area contributed by atoms with Crippen LogP contribution in [0.5, 0.6) is 0 Å². The lowest BCUT2D eigenvalue weighted by Crippen LogP contribution is -2.57. The molecule has 7 heteroatoms. The molecule has 0 unspecified atom stereocenters. The Morgan fingerprint density at radius 3 is 2.26 bits per heavy atom. The number of carbonyl (C=O) groups is 3. The minimum Gasteiger partial charge on any atom is -0.467 e. The molecule has 0 aromatic carbocycles. The summed E-state index contributed by atoms with van der Waals surface area (Å²) < 4.78 is 6.41. The first-order chi connectivity index (χ1) is 10.8. The van der Waals surface area contributed by atoms with E-state index in [-0.39, 0.29) is 0 Å². The summed E-state index contributed by atoms with van der Waals surface area (Å²) in [6.07, 6.45) is 3.61. The maximum Gasteiger partial charge on any atom is 0.331 e. The molecule has 1 aliphatic carbocycles. The van der Waals surface area contributed by atoms with Crippen LogP contribution in [-0.4, -0.2) is 40.1 Å². The van der Waals surface area contributed by atoms with Crippen LogP contribution in [0.25, 0.3) is 0 Å². The molecule has 0 spiro atoms. The molecule has 2 rings (SSSR count). The molecule has 1 fully saturated rings. The Kier molecular flexibility index (Phi) is 4.87. The number of carbonyl (C=O) groups excluding carboxylic acids is 3. The van der Waals surface area contributed by atoms with Crippen molar-refractivity contribution >= 4 is 17.7 Å². The van der Waals surface area contributed by atoms with Gasteiger partial charge in [-0.15, -0.1) is 0 Å². The monoisotopic (exact) mass is 321 g/mol. The van der Waals surface area contributed by atoms with Crippen LogP contribution in [-0.2, 0) is 21.4 Å². The number of amides is 1. The van der Waals surface area contributed by atoms with E-state index in [0.717, 1.165) is 19.3 Å². The van der Waals surface area contributed by atoms with Gasteiger partial charge in [-0.25, -0.2) is 4.79 Å². The molecule has 1 saturated carbocycles. The number of nitrogens with zero attached hydrogens (tertiary/aromatic N) is 2. The van der Waals surface area contributed by atoms with E-state index in [0.29, 0.717) is 29.8 Å². The first-order valence-electron chi connectivity index (χ1n) is 7.78. The van der Waals surface area contributed by atoms with Gasteiger partial charge in [0, 0.05) is 12.7 Å². The van der Waals surface area contributed by atoms with Crippen LogP contribution < -0.4 is 5.32 Å². The highest BCUT2D eigenvalue weighted by molar-refractivity contribution is 6.43. The molecule has 1 N–H and O–H groups in total. The van der Waals surface area contributed by atoms with Gasteiger partial charge in [-0.05, 0) is 26.7 Å². The van der Waals surface area contributed by atoms with E-state index in [1.165, 1.54) is 7.11 Å². The second-order valence-corrected chi connectivity index (χ2v) is 6.09. The van der Waals surface area contributed by atoms with E-state index < -0.39 is 23.2 Å². The summed E-state index contributed by atoms with van der Waals surface area (Å²) in [7, 11) is 3.01. The van der Waals surface area contributed by atoms with Crippen LogP contribution in [0.3, 0.4) is 0 Å². The summed E-state index contributed by atoms with van der Waals surface area (Å²) in [6.45, 7) is 3.42. The van der Waals surface area contributed by atoms with Gasteiger partial charge in [-0.3, -0.25) is 14.3 Å². The number of nitrogens with one attached hydrogen (secondary N) is 1. The van der Waals surface area contributed by atoms with Crippen LogP contribution in [0.4, 0.5) is 0 Å². The van der Waals surface area contributed by atoms with Gasteiger partial charge < -0.3 is 10.1 Å². The Hall–Kier alpha value is -2.18. The maximum atomic E-state index is 12.5. The van der Waals surface area contributed by atoms with Gasteiger partial charge in [0.25, 0.3) is 11.7 Å². The Bertz CT molecular complexity index is 642. The fraction of sp³-hybridized carbons (Fsp3) is 0.625. The molecule has 1 aliphatic rings. The van der Waals surface area contributed by atoms with Crippen LogP contribution in [0.1, 0.15) is 53.8 Å². The zero-order chi connectivity index (χ0) is 17.2. The van der Waals surface area contributed by atoms with Crippen LogP contribution in [0.15, 0.2) is 0 Å². The Morgan fingerprint density at radius 1 is 1.17 bits per heavy atom. The molecule has 0 bridgehead atoms. The molecular formula is C16H23N3O4. The molecule has 1 amide bonds. The van der Waals surface area contributed by atoms with Gasteiger partial charge in [0.2, 0.25) is 0 Å². The van der Waals surface area contributed by atoms with Gasteiger partial charge >= 0.3 is 5.97 Å². The van der Waals surface area contributed by atoms with Crippen molar-refractivity contribution in [1.82, 2.24) is 15.1 Å². The number of ketones is 1. The zero-order valence-corrected chi connectivity index (χ0v) is 14.1. The predicted molar refractivity (Wildman–Crippen MR) is 83.0 cm³/mol. The lowest BCUT2D eigenvalue weighted by atomic mass is 9.81. The number of aromatic nitrogens is 2. The van der Waals surface area contributed by atoms with Crippen molar-refractivity contribution in [3.05, 3.63) is 17.0 Å².